The van der Waals surface area contributed by atoms with Crippen molar-refractivity contribution in [3.63, 3.8) is 0 Å². The first kappa shape index (κ1) is 18.8. The van der Waals surface area contributed by atoms with Crippen LogP contribution in [0.5, 0.6) is 0 Å². The first-order chi connectivity index (χ1) is 11.9. The van der Waals surface area contributed by atoms with Gasteiger partial charge in [-0.25, -0.2) is 0 Å². The molecule has 1 aliphatic rings. The van der Waals surface area contributed by atoms with Crippen LogP contribution in [0.15, 0.2) is 17.5 Å². The molecular weight excluding hydrogens is 421 g/mol. The number of alkyl halides is 3. The lowest BCUT2D eigenvalue weighted by molar-refractivity contribution is 0.0946. The Morgan fingerprint density at radius 2 is 2.08 bits per heavy atom. The minimum Gasteiger partial charge on any atom is -0.352 e. The highest BCUT2D eigenvalue weighted by Crippen LogP contribution is 2.40. The van der Waals surface area contributed by atoms with Gasteiger partial charge < -0.3 is 10.6 Å². The molecule has 0 fully saturated rings. The molecule has 4 nitrogen and oxygen atoms in total. The molecule has 25 heavy (non-hydrogen) atoms. The van der Waals surface area contributed by atoms with E-state index in [4.69, 9.17) is 34.8 Å². The van der Waals surface area contributed by atoms with Gasteiger partial charge in [0.1, 0.15) is 17.2 Å². The molecule has 0 aromatic carbocycles. The normalized spacial score (nSPS) is 15.1. The molecular formula is C16H14Cl3N3OS2. The predicted molar refractivity (Wildman–Crippen MR) is 105 cm³/mol. The fraction of sp³-hybridized carbons (Fsp3) is 0.375. The largest absolute Gasteiger partial charge is 0.352 e. The number of fused-ring (bicyclic) bond motifs is 1. The highest BCUT2D eigenvalue weighted by atomic mass is 35.6. The van der Waals surface area contributed by atoms with Crippen molar-refractivity contribution in [2.45, 2.75) is 35.6 Å². The number of nitrogens with one attached hydrogen (secondary N) is 2. The highest BCUT2D eigenvalue weighted by Gasteiger charge is 2.36. The molecule has 0 bridgehead atoms. The quantitative estimate of drug-likeness (QED) is 0.520. The number of amides is 1. The van der Waals surface area contributed by atoms with E-state index >= 15 is 0 Å². The second-order valence-electron chi connectivity index (χ2n) is 5.60. The van der Waals surface area contributed by atoms with Gasteiger partial charge in [-0.3, -0.25) is 4.79 Å². The third-order valence-corrected chi connectivity index (χ3v) is 6.65. The van der Waals surface area contributed by atoms with E-state index in [9.17, 15) is 10.1 Å². The number of nitriles is 1. The van der Waals surface area contributed by atoms with E-state index in [1.54, 1.807) is 17.5 Å². The Morgan fingerprint density at radius 3 is 2.72 bits per heavy atom. The minimum atomic E-state index is -1.77. The monoisotopic (exact) mass is 433 g/mol. The molecule has 2 N–H and O–H groups in total. The van der Waals surface area contributed by atoms with Crippen molar-refractivity contribution >= 4 is 68.4 Å². The van der Waals surface area contributed by atoms with Gasteiger partial charge in [0.05, 0.1) is 10.4 Å². The summed E-state index contributed by atoms with van der Waals surface area (Å²) in [5.74, 6) is -0.335. The maximum Gasteiger partial charge on any atom is 0.263 e. The molecule has 0 saturated carbocycles. The van der Waals surface area contributed by atoms with Crippen molar-refractivity contribution in [3.8, 4) is 6.07 Å². The summed E-state index contributed by atoms with van der Waals surface area (Å²) >= 11 is 21.0. The molecule has 132 valence electrons. The lowest BCUT2D eigenvalue weighted by atomic mass is 9.96. The van der Waals surface area contributed by atoms with E-state index in [1.807, 2.05) is 0 Å². The molecule has 0 aliphatic heterocycles. The molecule has 0 unspecified atom stereocenters. The van der Waals surface area contributed by atoms with Crippen LogP contribution in [0.3, 0.4) is 0 Å². The molecule has 9 heteroatoms. The molecule has 0 radical (unpaired) electrons. The summed E-state index contributed by atoms with van der Waals surface area (Å²) < 4.78 is -1.77. The van der Waals surface area contributed by atoms with E-state index in [0.717, 1.165) is 31.2 Å². The van der Waals surface area contributed by atoms with Gasteiger partial charge in [0.2, 0.25) is 3.79 Å². The van der Waals surface area contributed by atoms with Crippen LogP contribution >= 0.6 is 57.5 Å². The standard InChI is InChI=1S/C16H14Cl3N3OS2/c17-16(18,19)15(21-13(23)12-6-3-7-24-12)22-14-10(8-20)9-4-1-2-5-11(9)25-14/h3,6-7,15,22H,1-2,4-5H2,(H,21,23)/t15-/m0/s1. The van der Waals surface area contributed by atoms with Crippen molar-refractivity contribution < 1.29 is 4.79 Å². The second kappa shape index (κ2) is 7.73. The first-order valence-electron chi connectivity index (χ1n) is 7.62. The van der Waals surface area contributed by atoms with Gasteiger partial charge in [0.25, 0.3) is 5.91 Å². The molecule has 1 amide bonds. The molecule has 2 aromatic rings. The summed E-state index contributed by atoms with van der Waals surface area (Å²) in [6.07, 6.45) is 3.06. The number of carbonyl (C=O) groups excluding carboxylic acids is 1. The Labute approximate surface area is 168 Å². The number of anilines is 1. The van der Waals surface area contributed by atoms with Gasteiger partial charge in [-0.05, 0) is 42.7 Å². The lowest BCUT2D eigenvalue weighted by Gasteiger charge is -2.26. The molecule has 3 rings (SSSR count). The predicted octanol–water partition coefficient (Wildman–Crippen LogP) is 5.10. The van der Waals surface area contributed by atoms with Gasteiger partial charge in [0.15, 0.2) is 0 Å². The highest BCUT2D eigenvalue weighted by molar-refractivity contribution is 7.16. The fourth-order valence-electron chi connectivity index (χ4n) is 2.73. The van der Waals surface area contributed by atoms with E-state index in [1.165, 1.54) is 27.6 Å². The van der Waals surface area contributed by atoms with Crippen LogP contribution in [-0.4, -0.2) is 15.9 Å². The van der Waals surface area contributed by atoms with Crippen molar-refractivity contribution in [1.29, 1.82) is 5.26 Å². The van der Waals surface area contributed by atoms with Crippen LogP contribution in [0.2, 0.25) is 0 Å². The van der Waals surface area contributed by atoms with Crippen LogP contribution in [0.4, 0.5) is 5.00 Å². The number of rotatable bonds is 4. The number of nitrogens with zero attached hydrogens (tertiary/aromatic N) is 1. The summed E-state index contributed by atoms with van der Waals surface area (Å²) in [6.45, 7) is 0. The summed E-state index contributed by atoms with van der Waals surface area (Å²) in [5, 5.41) is 17.7. The number of halogens is 3. The summed E-state index contributed by atoms with van der Waals surface area (Å²) in [5.41, 5.74) is 1.67. The third kappa shape index (κ3) is 4.24. The van der Waals surface area contributed by atoms with Crippen LogP contribution in [0, 0.1) is 11.3 Å². The fourth-order valence-corrected chi connectivity index (χ4v) is 4.95. The summed E-state index contributed by atoms with van der Waals surface area (Å²) in [6, 6.07) is 5.72. The maximum absolute atomic E-state index is 12.3. The number of thiophene rings is 2. The summed E-state index contributed by atoms with van der Waals surface area (Å²) in [4.78, 5) is 14.0. The second-order valence-corrected chi connectivity index (χ2v) is 10.0. The van der Waals surface area contributed by atoms with Crippen LogP contribution in [-0.2, 0) is 12.8 Å². The van der Waals surface area contributed by atoms with Gasteiger partial charge in [0, 0.05) is 4.88 Å². The summed E-state index contributed by atoms with van der Waals surface area (Å²) in [7, 11) is 0. The zero-order valence-corrected chi connectivity index (χ0v) is 16.8. The zero-order chi connectivity index (χ0) is 18.0. The van der Waals surface area contributed by atoms with Gasteiger partial charge in [-0.15, -0.1) is 22.7 Å². The smallest absolute Gasteiger partial charge is 0.263 e. The van der Waals surface area contributed by atoms with Gasteiger partial charge >= 0.3 is 0 Å². The number of carbonyl (C=O) groups is 1. The zero-order valence-electron chi connectivity index (χ0n) is 12.9. The topological polar surface area (TPSA) is 64.9 Å². The Hall–Kier alpha value is -0.970. The van der Waals surface area contributed by atoms with E-state index in [0.29, 0.717) is 15.4 Å². The van der Waals surface area contributed by atoms with E-state index in [-0.39, 0.29) is 5.91 Å². The Balaban J connectivity index is 1.85. The molecule has 0 spiro atoms. The number of hydrogen-bond acceptors (Lipinski definition) is 5. The Morgan fingerprint density at radius 1 is 1.32 bits per heavy atom. The minimum absolute atomic E-state index is 0.335. The number of aryl methyl sites for hydroxylation is 1. The first-order valence-corrected chi connectivity index (χ1v) is 10.5. The molecule has 1 atom stereocenters. The van der Waals surface area contributed by atoms with E-state index in [2.05, 4.69) is 16.7 Å². The van der Waals surface area contributed by atoms with Crippen molar-refractivity contribution in [3.05, 3.63) is 38.4 Å². The third-order valence-electron chi connectivity index (χ3n) is 3.91. The Bertz CT molecular complexity index is 806. The van der Waals surface area contributed by atoms with Crippen molar-refractivity contribution in [2.24, 2.45) is 0 Å². The van der Waals surface area contributed by atoms with Crippen LogP contribution in [0.25, 0.3) is 0 Å². The maximum atomic E-state index is 12.3. The van der Waals surface area contributed by atoms with Crippen molar-refractivity contribution in [2.75, 3.05) is 5.32 Å². The van der Waals surface area contributed by atoms with Crippen LogP contribution in [0.1, 0.15) is 38.5 Å². The molecule has 2 aromatic heterocycles. The molecule has 2 heterocycles. The lowest BCUT2D eigenvalue weighted by Crippen LogP contribution is -2.48. The SMILES string of the molecule is N#Cc1c(N[C@H](NC(=O)c2cccs2)C(Cl)(Cl)Cl)sc2c1CCCC2. The Kier molecular flexibility index (Phi) is 5.81. The van der Waals surface area contributed by atoms with Gasteiger partial charge in [-0.2, -0.15) is 5.26 Å². The van der Waals surface area contributed by atoms with E-state index < -0.39 is 9.96 Å². The molecule has 1 aliphatic carbocycles. The van der Waals surface area contributed by atoms with Gasteiger partial charge in [-0.1, -0.05) is 40.9 Å². The number of hydrogen-bond donors (Lipinski definition) is 2. The average molecular weight is 435 g/mol. The average Bonchev–Trinajstić information content (AvgIpc) is 3.20. The molecule has 0 saturated heterocycles. The van der Waals surface area contributed by atoms with Crippen molar-refractivity contribution in [1.82, 2.24) is 5.32 Å². The van der Waals surface area contributed by atoms with Crippen LogP contribution < -0.4 is 10.6 Å².